The molecule has 1 aromatic carbocycles. The molecule has 5 heteroatoms. The van der Waals surface area contributed by atoms with Crippen LogP contribution in [0.1, 0.15) is 31.7 Å². The summed E-state index contributed by atoms with van der Waals surface area (Å²) in [6, 6.07) is 8.29. The molecule has 1 unspecified atom stereocenters. The summed E-state index contributed by atoms with van der Waals surface area (Å²) in [6.07, 6.45) is 3.33. The minimum Gasteiger partial charge on any atom is -0.480 e. The van der Waals surface area contributed by atoms with E-state index in [4.69, 9.17) is 9.84 Å². The van der Waals surface area contributed by atoms with E-state index in [0.29, 0.717) is 6.61 Å². The van der Waals surface area contributed by atoms with Crippen molar-refractivity contribution in [2.24, 2.45) is 0 Å². The second-order valence-corrected chi connectivity index (χ2v) is 4.91. The summed E-state index contributed by atoms with van der Waals surface area (Å²) >= 11 is 0. The number of nitrogens with one attached hydrogen (secondary N) is 1. The van der Waals surface area contributed by atoms with Crippen LogP contribution < -0.4 is 5.32 Å². The highest BCUT2D eigenvalue weighted by Gasteiger charge is 2.20. The molecule has 2 N–H and O–H groups in total. The Hall–Kier alpha value is -1.88. The first kappa shape index (κ1) is 17.2. The number of aliphatic carboxylic acids is 1. The van der Waals surface area contributed by atoms with Gasteiger partial charge >= 0.3 is 5.97 Å². The van der Waals surface area contributed by atoms with Gasteiger partial charge in [-0.3, -0.25) is 4.79 Å². The van der Waals surface area contributed by atoms with Crippen molar-refractivity contribution < 1.29 is 19.4 Å². The molecule has 1 atom stereocenters. The fourth-order valence-corrected chi connectivity index (χ4v) is 1.90. The van der Waals surface area contributed by atoms with Crippen LogP contribution in [0.2, 0.25) is 0 Å². The Morgan fingerprint density at radius 2 is 1.95 bits per heavy atom. The number of hydrogen-bond acceptors (Lipinski definition) is 3. The van der Waals surface area contributed by atoms with Crippen LogP contribution in [-0.4, -0.2) is 36.2 Å². The lowest BCUT2D eigenvalue weighted by Crippen LogP contribution is -2.43. The van der Waals surface area contributed by atoms with Gasteiger partial charge in [0.1, 0.15) is 12.6 Å². The third-order valence-corrected chi connectivity index (χ3v) is 3.04. The van der Waals surface area contributed by atoms with E-state index < -0.39 is 17.9 Å². The zero-order chi connectivity index (χ0) is 15.5. The van der Waals surface area contributed by atoms with Crippen LogP contribution >= 0.6 is 0 Å². The molecular weight excluding hydrogens is 270 g/mol. The minimum absolute atomic E-state index is 0.0950. The third-order valence-electron chi connectivity index (χ3n) is 3.04. The van der Waals surface area contributed by atoms with Crippen LogP contribution in [-0.2, 0) is 20.7 Å². The van der Waals surface area contributed by atoms with Crippen molar-refractivity contribution in [3.05, 3.63) is 35.9 Å². The maximum Gasteiger partial charge on any atom is 0.326 e. The Kier molecular flexibility index (Phi) is 8.12. The van der Waals surface area contributed by atoms with Gasteiger partial charge in [-0.15, -0.1) is 0 Å². The van der Waals surface area contributed by atoms with E-state index in [0.717, 1.165) is 24.8 Å². The van der Waals surface area contributed by atoms with Crippen LogP contribution in [0, 0.1) is 0 Å². The van der Waals surface area contributed by atoms with Gasteiger partial charge in [0, 0.05) is 13.0 Å². The van der Waals surface area contributed by atoms with Gasteiger partial charge in [0.2, 0.25) is 5.91 Å². The number of carbonyl (C=O) groups excluding carboxylic acids is 1. The van der Waals surface area contributed by atoms with Gasteiger partial charge in [0.05, 0.1) is 0 Å². The second kappa shape index (κ2) is 9.94. The molecule has 0 bridgehead atoms. The largest absolute Gasteiger partial charge is 0.480 e. The Morgan fingerprint density at radius 3 is 2.57 bits per heavy atom. The molecule has 0 saturated carbocycles. The van der Waals surface area contributed by atoms with Crippen LogP contribution in [0.25, 0.3) is 0 Å². The van der Waals surface area contributed by atoms with E-state index >= 15 is 0 Å². The highest BCUT2D eigenvalue weighted by molar-refractivity contribution is 5.84. The molecule has 116 valence electrons. The molecule has 5 nitrogen and oxygen atoms in total. The number of unbranched alkanes of at least 4 members (excludes halogenated alkanes) is 2. The number of hydrogen-bond donors (Lipinski definition) is 2. The minimum atomic E-state index is -1.04. The molecule has 0 aliphatic heterocycles. The summed E-state index contributed by atoms with van der Waals surface area (Å²) in [6.45, 7) is 2.52. The van der Waals surface area contributed by atoms with Crippen LogP contribution in [0.3, 0.4) is 0 Å². The van der Waals surface area contributed by atoms with Crippen molar-refractivity contribution in [2.45, 2.75) is 38.6 Å². The molecule has 0 aliphatic carbocycles. The Labute approximate surface area is 125 Å². The van der Waals surface area contributed by atoms with Crippen LogP contribution in [0.5, 0.6) is 0 Å². The molecule has 1 rings (SSSR count). The molecule has 0 saturated heterocycles. The van der Waals surface area contributed by atoms with Crippen molar-refractivity contribution in [3.8, 4) is 0 Å². The lowest BCUT2D eigenvalue weighted by Gasteiger charge is -2.14. The van der Waals surface area contributed by atoms with E-state index in [-0.39, 0.29) is 13.0 Å². The number of rotatable bonds is 10. The van der Waals surface area contributed by atoms with E-state index in [1.165, 1.54) is 0 Å². The molecule has 0 spiro atoms. The Bertz CT molecular complexity index is 433. The summed E-state index contributed by atoms with van der Waals surface area (Å²) in [5, 5.41) is 11.7. The summed E-state index contributed by atoms with van der Waals surface area (Å²) < 4.78 is 5.22. The molecular formula is C16H23NO4. The lowest BCUT2D eigenvalue weighted by atomic mass is 10.1. The molecule has 21 heavy (non-hydrogen) atoms. The monoisotopic (exact) mass is 293 g/mol. The fourth-order valence-electron chi connectivity index (χ4n) is 1.90. The van der Waals surface area contributed by atoms with Crippen molar-refractivity contribution >= 4 is 11.9 Å². The Morgan fingerprint density at radius 1 is 1.24 bits per heavy atom. The number of carboxylic acid groups (broad SMARTS) is 1. The second-order valence-electron chi connectivity index (χ2n) is 4.91. The maximum absolute atomic E-state index is 11.7. The van der Waals surface area contributed by atoms with Gasteiger partial charge in [0.25, 0.3) is 0 Å². The van der Waals surface area contributed by atoms with Crippen molar-refractivity contribution in [1.82, 2.24) is 5.32 Å². The number of carbonyl (C=O) groups is 2. The standard InChI is InChI=1S/C16H23NO4/c1-2-3-7-10-21-12-15(18)17-14(16(19)20)11-13-8-5-4-6-9-13/h4-6,8-9,14H,2-3,7,10-12H2,1H3,(H,17,18)(H,19,20). The van der Waals surface area contributed by atoms with Crippen LogP contribution in [0.4, 0.5) is 0 Å². The molecule has 0 radical (unpaired) electrons. The maximum atomic E-state index is 11.7. The van der Waals surface area contributed by atoms with Gasteiger partial charge in [-0.25, -0.2) is 4.79 Å². The van der Waals surface area contributed by atoms with Crippen molar-refractivity contribution in [1.29, 1.82) is 0 Å². The van der Waals surface area contributed by atoms with E-state index in [9.17, 15) is 9.59 Å². The van der Waals surface area contributed by atoms with Crippen molar-refractivity contribution in [2.75, 3.05) is 13.2 Å². The number of amides is 1. The normalized spacial score (nSPS) is 11.9. The first-order valence-electron chi connectivity index (χ1n) is 7.27. The smallest absolute Gasteiger partial charge is 0.326 e. The summed E-state index contributed by atoms with van der Waals surface area (Å²) in [5.74, 6) is -1.44. The highest BCUT2D eigenvalue weighted by Crippen LogP contribution is 2.03. The SMILES string of the molecule is CCCCCOCC(=O)NC(Cc1ccccc1)C(=O)O. The van der Waals surface area contributed by atoms with E-state index in [1.54, 1.807) is 0 Å². The van der Waals surface area contributed by atoms with Crippen molar-refractivity contribution in [3.63, 3.8) is 0 Å². The number of ether oxygens (including phenoxy) is 1. The zero-order valence-electron chi connectivity index (χ0n) is 12.4. The van der Waals surface area contributed by atoms with E-state index in [2.05, 4.69) is 12.2 Å². The highest BCUT2D eigenvalue weighted by atomic mass is 16.5. The average molecular weight is 293 g/mol. The average Bonchev–Trinajstić information content (AvgIpc) is 2.47. The molecule has 1 aromatic rings. The predicted molar refractivity (Wildman–Crippen MR) is 80.1 cm³/mol. The molecule has 1 amide bonds. The summed E-state index contributed by atoms with van der Waals surface area (Å²) in [4.78, 5) is 22.9. The van der Waals surface area contributed by atoms with Gasteiger partial charge in [-0.2, -0.15) is 0 Å². The summed E-state index contributed by atoms with van der Waals surface area (Å²) in [7, 11) is 0. The fraction of sp³-hybridized carbons (Fsp3) is 0.500. The first-order chi connectivity index (χ1) is 10.1. The van der Waals surface area contributed by atoms with E-state index in [1.807, 2.05) is 30.3 Å². The topological polar surface area (TPSA) is 75.6 Å². The van der Waals surface area contributed by atoms with Crippen LogP contribution in [0.15, 0.2) is 30.3 Å². The van der Waals surface area contributed by atoms with Gasteiger partial charge in [-0.05, 0) is 12.0 Å². The predicted octanol–water partition coefficient (Wildman–Crippen LogP) is 2.01. The van der Waals surface area contributed by atoms with Gasteiger partial charge in [-0.1, -0.05) is 50.1 Å². The number of benzene rings is 1. The van der Waals surface area contributed by atoms with Gasteiger partial charge in [0.15, 0.2) is 0 Å². The molecule has 0 fully saturated rings. The zero-order valence-corrected chi connectivity index (χ0v) is 12.4. The number of carboxylic acids is 1. The Balaban J connectivity index is 2.36. The quantitative estimate of drug-likeness (QED) is 0.647. The van der Waals surface area contributed by atoms with Gasteiger partial charge < -0.3 is 15.2 Å². The third kappa shape index (κ3) is 7.46. The molecule has 0 aromatic heterocycles. The first-order valence-corrected chi connectivity index (χ1v) is 7.27. The molecule has 0 aliphatic rings. The summed E-state index contributed by atoms with van der Waals surface area (Å²) in [5.41, 5.74) is 0.870. The lowest BCUT2D eigenvalue weighted by molar-refractivity contribution is -0.142. The molecule has 0 heterocycles.